The lowest BCUT2D eigenvalue weighted by molar-refractivity contribution is -0.148. The van der Waals surface area contributed by atoms with Gasteiger partial charge in [-0.2, -0.15) is 0 Å². The molecule has 0 spiro atoms. The number of ketones is 5. The standard InChI is InChI=1S/2C20H26N2O5Si.C10H10BrNO2.C10H17NO3Si.C6H11NO4.C5H8ClNO3.C4H7NO5.C2H2O3/c2*1-14(23)20(21-19(25)27-3,9-10-28(4,5)6)13-22-12-15-7-8-16(26-2)11-17(15)18(22)24;1-14-8-3-2-7-5-12(6-11)10(13)9(7)4-8;1-8(12)9(11-10(13)14-2)6-7-15(3,4)5;1-4(8)5(10-2)7-6(9)11-3;1-3(8)4(6)7-5(9)10-2;1-10-4(9)5-2(6)3(7)8;3-1-2(4)5/h2*7-8,11H,12-13H2,1-6H3,(H,21,25);2-4H,5-6H2,1H3;9H,1-5H3,(H,11,13);5H,1-3H3,(H,7,9);4H,1-2H3,(H,7,9);2,6H,1H3,(H,5,9)(H,7,8);1H,(H,4,5)/t20-;;;;;;;/m1......./s1. The van der Waals surface area contributed by atoms with E-state index in [9.17, 15) is 71.9 Å². The van der Waals surface area contributed by atoms with E-state index in [1.54, 1.807) is 47.7 Å². The Morgan fingerprint density at radius 2 is 0.793 bits per heavy atom. The molecule has 121 heavy (non-hydrogen) atoms. The van der Waals surface area contributed by atoms with Gasteiger partial charge in [0.1, 0.15) is 41.5 Å². The summed E-state index contributed by atoms with van der Waals surface area (Å²) in [7, 11) is 7.91. The number of aliphatic carboxylic acids is 2. The Kier molecular flexibility index (Phi) is 49.2. The van der Waals surface area contributed by atoms with Gasteiger partial charge in [-0.25, -0.2) is 38.4 Å². The van der Waals surface area contributed by atoms with E-state index < -0.39 is 108 Å². The van der Waals surface area contributed by atoms with Gasteiger partial charge in [0.15, 0.2) is 57.8 Å². The predicted octanol–water partition coefficient (Wildman–Crippen LogP) is 6.03. The Morgan fingerprint density at radius 3 is 1.06 bits per heavy atom. The van der Waals surface area contributed by atoms with Crippen molar-refractivity contribution >= 4 is 153 Å². The maximum atomic E-state index is 12.9. The maximum Gasteiger partial charge on any atom is 0.409 e. The van der Waals surface area contributed by atoms with Crippen molar-refractivity contribution in [2.75, 3.05) is 89.6 Å². The van der Waals surface area contributed by atoms with Gasteiger partial charge in [-0.05, 0) is 87.7 Å². The molecule has 6 rings (SSSR count). The van der Waals surface area contributed by atoms with E-state index in [4.69, 9.17) is 60.2 Å². The van der Waals surface area contributed by atoms with Crippen molar-refractivity contribution in [3.63, 3.8) is 0 Å². The van der Waals surface area contributed by atoms with Crippen molar-refractivity contribution in [3.8, 4) is 51.6 Å². The van der Waals surface area contributed by atoms with Crippen LogP contribution in [0.2, 0.25) is 58.9 Å². The van der Waals surface area contributed by atoms with Crippen molar-refractivity contribution in [2.24, 2.45) is 0 Å². The first-order valence-corrected chi connectivity index (χ1v) is 47.6. The van der Waals surface area contributed by atoms with E-state index in [2.05, 4.69) is 120 Å². The molecule has 39 nitrogen and oxygen atoms in total. The van der Waals surface area contributed by atoms with Crippen LogP contribution in [0.25, 0.3) is 0 Å². The van der Waals surface area contributed by atoms with Crippen LogP contribution in [0, 0.1) is 34.4 Å². The highest BCUT2D eigenvalue weighted by molar-refractivity contribution is 9.09. The minimum atomic E-state index is -1.91. The first kappa shape index (κ1) is 111. The summed E-state index contributed by atoms with van der Waals surface area (Å²) in [6, 6.07) is 15.4. The number of aliphatic hydroxyl groups is 1. The normalized spacial score (nSPS) is 13.4. The zero-order valence-electron chi connectivity index (χ0n) is 71.8. The SMILES string of the molecule is COC(=O)NC(C#C[Si](C)(C)C)(CN1Cc2ccc(OC)cc2C1=O)C(C)=O.COC(=O)NC(C#C[Si](C)(C)C)C(C)=O.COC(=O)NC(Cl)C(C)=O.COC(=O)NC(O)C(=O)O.COC(=O)NC(OC)C(C)=O.COC(=O)N[C@](C#C[Si](C)(C)C)(CN1Cc2ccc(OC)cc2C1=O)C(C)=O.COc1ccc2c(c1)C(=O)N(CBr)C2.O=CC(=O)O. The average molecular weight is 1840 g/mol. The fraction of sp³-hybridized carbons (Fsp3) is 0.468. The molecular weight excluding hydrogens is 1730 g/mol. The summed E-state index contributed by atoms with van der Waals surface area (Å²) in [5.74, 6) is 5.72. The number of nitrogens with one attached hydrogen (secondary N) is 6. The molecule has 9 N–H and O–H groups in total. The monoisotopic (exact) mass is 1840 g/mol. The number of nitrogens with zero attached hydrogens (tertiary/aromatic N) is 3. The third-order valence-electron chi connectivity index (χ3n) is 15.1. The second-order valence-corrected chi connectivity index (χ2v) is 43.4. The van der Waals surface area contributed by atoms with E-state index in [1.807, 2.05) is 63.5 Å². The van der Waals surface area contributed by atoms with Gasteiger partial charge in [0.2, 0.25) is 12.5 Å². The van der Waals surface area contributed by atoms with Crippen LogP contribution in [0.5, 0.6) is 17.2 Å². The second kappa shape index (κ2) is 53.6. The number of carboxylic acids is 2. The highest BCUT2D eigenvalue weighted by atomic mass is 79.9. The lowest BCUT2D eigenvalue weighted by Gasteiger charge is -2.31. The number of benzene rings is 3. The lowest BCUT2D eigenvalue weighted by Crippen LogP contribution is -2.59. The molecule has 0 aliphatic carbocycles. The fourth-order valence-electron chi connectivity index (χ4n) is 8.85. The number of aliphatic hydroxyl groups excluding tert-OH is 1. The molecule has 0 saturated heterocycles. The second-order valence-electron chi connectivity index (χ2n) is 28.2. The van der Waals surface area contributed by atoms with Gasteiger partial charge in [-0.1, -0.05) is 122 Å². The number of carbonyl (C=O) groups is 17. The van der Waals surface area contributed by atoms with E-state index in [0.29, 0.717) is 47.7 Å². The fourth-order valence-corrected chi connectivity index (χ4v) is 11.1. The number of fused-ring (bicyclic) bond motifs is 3. The minimum Gasteiger partial charge on any atom is -0.497 e. The zero-order valence-corrected chi connectivity index (χ0v) is 77.1. The van der Waals surface area contributed by atoms with E-state index >= 15 is 0 Å². The molecule has 0 saturated carbocycles. The number of methoxy groups -OCH3 is 10. The molecule has 5 unspecified atom stereocenters. The van der Waals surface area contributed by atoms with E-state index in [0.717, 1.165) is 35.1 Å². The summed E-state index contributed by atoms with van der Waals surface area (Å²) < 4.78 is 46.3. The van der Waals surface area contributed by atoms with Crippen LogP contribution >= 0.6 is 27.5 Å². The van der Waals surface area contributed by atoms with Crippen LogP contribution in [0.15, 0.2) is 54.6 Å². The number of halogens is 2. The number of ether oxygens (including phenoxy) is 10. The molecule has 3 aromatic carbocycles. The quantitative estimate of drug-likeness (QED) is 0.00810. The molecule has 3 heterocycles. The summed E-state index contributed by atoms with van der Waals surface area (Å²) in [5.41, 5.74) is 10.4. The number of aldehydes is 1. The summed E-state index contributed by atoms with van der Waals surface area (Å²) in [6.45, 7) is 26.3. The van der Waals surface area contributed by atoms with E-state index in [1.165, 1.54) is 101 Å². The number of carboxylic acid groups (broad SMARTS) is 2. The van der Waals surface area contributed by atoms with Crippen LogP contribution in [0.4, 0.5) is 28.8 Å². The summed E-state index contributed by atoms with van der Waals surface area (Å²) in [4.78, 5) is 193. The molecule has 3 aliphatic heterocycles. The number of hydrogen-bond donors (Lipinski definition) is 9. The third kappa shape index (κ3) is 41.5. The Bertz CT molecular complexity index is 4230. The van der Waals surface area contributed by atoms with Gasteiger partial charge in [-0.3, -0.25) is 69.7 Å². The largest absolute Gasteiger partial charge is 0.497 e. The predicted molar refractivity (Wildman–Crippen MR) is 449 cm³/mol. The molecule has 3 aromatic rings. The van der Waals surface area contributed by atoms with Gasteiger partial charge < -0.3 is 82.7 Å². The van der Waals surface area contributed by atoms with Crippen molar-refractivity contribution in [1.29, 1.82) is 0 Å². The number of amides is 9. The van der Waals surface area contributed by atoms with Gasteiger partial charge in [0.25, 0.3) is 17.7 Å². The molecule has 0 fully saturated rings. The van der Waals surface area contributed by atoms with Crippen LogP contribution in [0.1, 0.15) is 82.4 Å². The first-order valence-electron chi connectivity index (χ1n) is 35.5. The molecule has 0 radical (unpaired) electrons. The topological polar surface area (TPSA) is 525 Å². The van der Waals surface area contributed by atoms with Crippen LogP contribution in [-0.2, 0) is 91.1 Å². The Hall–Kier alpha value is -11.9. The number of carbonyl (C=O) groups excluding carboxylic acids is 15. The third-order valence-corrected chi connectivity index (χ3v) is 18.8. The van der Waals surface area contributed by atoms with Crippen molar-refractivity contribution in [1.82, 2.24) is 46.6 Å². The highest BCUT2D eigenvalue weighted by Crippen LogP contribution is 2.31. The summed E-state index contributed by atoms with van der Waals surface area (Å²) >= 11 is 8.61. The van der Waals surface area contributed by atoms with E-state index in [-0.39, 0.29) is 66.0 Å². The molecule has 0 aromatic heterocycles. The Labute approximate surface area is 717 Å². The summed E-state index contributed by atoms with van der Waals surface area (Å²) in [6.07, 6.45) is -7.57. The molecule has 666 valence electrons. The molecule has 0 bridgehead atoms. The number of Topliss-reactive ketones (excluding diaryl/α,β-unsaturated/α-hetero) is 5. The number of rotatable bonds is 22. The molecule has 44 heteroatoms. The van der Waals surface area contributed by atoms with Gasteiger partial charge in [0, 0.05) is 43.4 Å². The van der Waals surface area contributed by atoms with Gasteiger partial charge in [0.05, 0.1) is 82.5 Å². The number of alkyl carbamates (subject to hydrolysis) is 6. The first-order chi connectivity index (χ1) is 56.1. The minimum absolute atomic E-state index is 0.0647. The van der Waals surface area contributed by atoms with Gasteiger partial charge >= 0.3 is 48.5 Å². The smallest absolute Gasteiger partial charge is 0.409 e. The maximum absolute atomic E-state index is 12.9. The highest BCUT2D eigenvalue weighted by Gasteiger charge is 2.44. The number of alkyl halides is 2. The molecule has 9 amide bonds. The van der Waals surface area contributed by atoms with Crippen molar-refractivity contribution in [2.45, 2.75) is 148 Å². The molecular formula is C77H107BrClN9O30Si3. The van der Waals surface area contributed by atoms with Crippen LogP contribution < -0.4 is 46.1 Å². The molecule has 6 atom stereocenters. The molecule has 3 aliphatic rings. The van der Waals surface area contributed by atoms with Crippen molar-refractivity contribution in [3.05, 3.63) is 88.0 Å². The average Bonchev–Trinajstić information content (AvgIpc) is 1.69. The number of hydrogen-bond acceptors (Lipinski definition) is 28. The van der Waals surface area contributed by atoms with Crippen LogP contribution in [-0.4, -0.2) is 280 Å². The van der Waals surface area contributed by atoms with Gasteiger partial charge in [-0.15, -0.1) is 16.6 Å². The Balaban J connectivity index is 0. The Morgan fingerprint density at radius 1 is 0.479 bits per heavy atom. The van der Waals surface area contributed by atoms with Crippen molar-refractivity contribution < 1.29 is 144 Å². The summed E-state index contributed by atoms with van der Waals surface area (Å²) in [5, 5.41) is 37.2. The van der Waals surface area contributed by atoms with Crippen LogP contribution in [0.3, 0.4) is 0 Å². The lowest BCUT2D eigenvalue weighted by atomic mass is 9.95. The zero-order chi connectivity index (χ0) is 93.8.